The van der Waals surface area contributed by atoms with Gasteiger partial charge in [-0.15, -0.1) is 0 Å². The molecule has 2 N–H and O–H groups in total. The predicted octanol–water partition coefficient (Wildman–Crippen LogP) is 5.51. The van der Waals surface area contributed by atoms with E-state index in [1.165, 1.54) is 6.08 Å². The van der Waals surface area contributed by atoms with Crippen molar-refractivity contribution < 1.29 is 24.5 Å². The number of hydrogen-bond donors (Lipinski definition) is 2. The van der Waals surface area contributed by atoms with E-state index in [-0.39, 0.29) is 17.1 Å². The number of benzene rings is 1. The quantitative estimate of drug-likeness (QED) is 0.622. The second-order valence-electron chi connectivity index (χ2n) is 7.90. The zero-order valence-corrected chi connectivity index (χ0v) is 18.5. The van der Waals surface area contributed by atoms with E-state index in [2.05, 4.69) is 13.8 Å². The first-order valence-corrected chi connectivity index (χ1v) is 10.3. The average molecular weight is 431 g/mol. The van der Waals surface area contributed by atoms with Crippen molar-refractivity contribution in [1.29, 1.82) is 0 Å². The third-order valence-corrected chi connectivity index (χ3v) is 5.44. The fraction of sp³-hybridized carbons (Fsp3) is 0.185. The molecule has 0 fully saturated rings. The van der Waals surface area contributed by atoms with Gasteiger partial charge in [0, 0.05) is 5.57 Å². The van der Waals surface area contributed by atoms with Gasteiger partial charge in [-0.05, 0) is 58.9 Å². The molecule has 1 aromatic rings. The number of hydrogen-bond acceptors (Lipinski definition) is 3. The van der Waals surface area contributed by atoms with Crippen LogP contribution in [-0.4, -0.2) is 29.3 Å². The van der Waals surface area contributed by atoms with Gasteiger partial charge < -0.3 is 14.9 Å². The minimum atomic E-state index is -1.28. The minimum Gasteiger partial charge on any atom is -0.497 e. The van der Waals surface area contributed by atoms with Crippen molar-refractivity contribution in [2.45, 2.75) is 20.8 Å². The Bertz CT molecular complexity index is 1160. The number of methoxy groups -OCH3 is 1. The number of allylic oxidation sites excluding steroid dienone is 9. The normalized spacial score (nSPS) is 16.3. The van der Waals surface area contributed by atoms with Crippen LogP contribution in [0.1, 0.15) is 26.3 Å². The van der Waals surface area contributed by atoms with Crippen LogP contribution < -0.4 is 4.74 Å². The Kier molecular flexibility index (Phi) is 6.79. The third-order valence-electron chi connectivity index (χ3n) is 5.44. The summed E-state index contributed by atoms with van der Waals surface area (Å²) < 4.78 is 5.20. The van der Waals surface area contributed by atoms with Crippen LogP contribution in [0.4, 0.5) is 0 Å². The number of carboxylic acids is 2. The SMILES string of the molecule is COc1ccc(/C=C/C2=C3C=C(C(C)C)C=CC(C)=C3C(C(=O)O)=C(C(=O)O)C=C2)cc1. The molecule has 3 rings (SSSR count). The highest BCUT2D eigenvalue weighted by Gasteiger charge is 2.29. The monoisotopic (exact) mass is 430 g/mol. The van der Waals surface area contributed by atoms with E-state index in [1.807, 2.05) is 61.6 Å². The fourth-order valence-corrected chi connectivity index (χ4v) is 3.65. The third kappa shape index (κ3) is 4.72. The average Bonchev–Trinajstić information content (AvgIpc) is 3.02. The van der Waals surface area contributed by atoms with Crippen molar-refractivity contribution in [3.05, 3.63) is 105 Å². The summed E-state index contributed by atoms with van der Waals surface area (Å²) in [6, 6.07) is 7.54. The Hall–Kier alpha value is -3.86. The lowest BCUT2D eigenvalue weighted by molar-refractivity contribution is -0.135. The molecular weight excluding hydrogens is 404 g/mol. The highest BCUT2D eigenvalue weighted by atomic mass is 16.5. The van der Waals surface area contributed by atoms with E-state index in [4.69, 9.17) is 4.74 Å². The molecule has 164 valence electrons. The molecule has 0 aromatic heterocycles. The Labute approximate surface area is 187 Å². The van der Waals surface area contributed by atoms with Crippen LogP contribution >= 0.6 is 0 Å². The van der Waals surface area contributed by atoms with E-state index >= 15 is 0 Å². The topological polar surface area (TPSA) is 83.8 Å². The van der Waals surface area contributed by atoms with Crippen molar-refractivity contribution in [2.75, 3.05) is 7.11 Å². The van der Waals surface area contributed by atoms with Gasteiger partial charge in [0.15, 0.2) is 0 Å². The summed E-state index contributed by atoms with van der Waals surface area (Å²) in [6.45, 7) is 5.93. The summed E-state index contributed by atoms with van der Waals surface area (Å²) in [5.41, 5.74) is 4.04. The van der Waals surface area contributed by atoms with Crippen LogP contribution in [0, 0.1) is 5.92 Å². The zero-order chi connectivity index (χ0) is 23.4. The van der Waals surface area contributed by atoms with Gasteiger partial charge in [0.05, 0.1) is 18.3 Å². The van der Waals surface area contributed by atoms with E-state index in [0.29, 0.717) is 16.7 Å². The Balaban J connectivity index is 2.26. The summed E-state index contributed by atoms with van der Waals surface area (Å²) in [6.07, 6.45) is 12.6. The molecule has 0 atom stereocenters. The second kappa shape index (κ2) is 9.52. The standard InChI is InChI=1S/C27H26O5/c1-16(2)20-9-5-17(3)24-23(15-20)19(10-6-18-7-12-21(32-4)13-8-18)11-14-22(26(28)29)25(24)27(30)31/h5-16H,1-4H3,(H,28,29)(H,30,31)/b10-6+. The number of fused-ring (bicyclic) bond motifs is 1. The Morgan fingerprint density at radius 3 is 2.19 bits per heavy atom. The lowest BCUT2D eigenvalue weighted by atomic mass is 9.88. The van der Waals surface area contributed by atoms with E-state index < -0.39 is 11.9 Å². The van der Waals surface area contributed by atoms with Gasteiger partial charge in [-0.3, -0.25) is 0 Å². The summed E-state index contributed by atoms with van der Waals surface area (Å²) in [5, 5.41) is 19.7. The molecule has 32 heavy (non-hydrogen) atoms. The molecule has 0 amide bonds. The smallest absolute Gasteiger partial charge is 0.337 e. The van der Waals surface area contributed by atoms with Gasteiger partial charge in [-0.1, -0.05) is 62.4 Å². The zero-order valence-electron chi connectivity index (χ0n) is 18.5. The van der Waals surface area contributed by atoms with Crippen LogP contribution in [-0.2, 0) is 9.59 Å². The lowest BCUT2D eigenvalue weighted by Gasteiger charge is -2.15. The Morgan fingerprint density at radius 1 is 0.938 bits per heavy atom. The van der Waals surface area contributed by atoms with Gasteiger partial charge >= 0.3 is 11.9 Å². The summed E-state index contributed by atoms with van der Waals surface area (Å²) in [7, 11) is 1.61. The predicted molar refractivity (Wildman–Crippen MR) is 125 cm³/mol. The molecule has 2 aliphatic carbocycles. The second-order valence-corrected chi connectivity index (χ2v) is 7.90. The van der Waals surface area contributed by atoms with Crippen LogP contribution in [0.5, 0.6) is 5.75 Å². The Morgan fingerprint density at radius 2 is 1.62 bits per heavy atom. The number of carbonyl (C=O) groups is 2. The molecule has 5 heteroatoms. The van der Waals surface area contributed by atoms with E-state index in [9.17, 15) is 19.8 Å². The molecule has 0 spiro atoms. The van der Waals surface area contributed by atoms with Gasteiger partial charge in [0.1, 0.15) is 5.75 Å². The first-order chi connectivity index (χ1) is 15.2. The summed E-state index contributed by atoms with van der Waals surface area (Å²) in [4.78, 5) is 24.1. The first kappa shape index (κ1) is 22.8. The number of ether oxygens (including phenoxy) is 1. The van der Waals surface area contributed by atoms with Gasteiger partial charge in [-0.25, -0.2) is 9.59 Å². The number of rotatable bonds is 6. The molecule has 0 radical (unpaired) electrons. The van der Waals surface area contributed by atoms with Crippen molar-refractivity contribution in [2.24, 2.45) is 5.92 Å². The molecule has 0 heterocycles. The maximum Gasteiger partial charge on any atom is 0.337 e. The van der Waals surface area contributed by atoms with Crippen molar-refractivity contribution in [3.63, 3.8) is 0 Å². The highest BCUT2D eigenvalue weighted by molar-refractivity contribution is 6.06. The van der Waals surface area contributed by atoms with E-state index in [1.54, 1.807) is 13.2 Å². The summed E-state index contributed by atoms with van der Waals surface area (Å²) in [5.74, 6) is -1.59. The molecule has 0 aliphatic heterocycles. The minimum absolute atomic E-state index is 0.208. The van der Waals surface area contributed by atoms with Crippen LogP contribution in [0.15, 0.2) is 99.7 Å². The molecule has 1 aromatic carbocycles. The lowest BCUT2D eigenvalue weighted by Crippen LogP contribution is -2.13. The highest BCUT2D eigenvalue weighted by Crippen LogP contribution is 2.37. The van der Waals surface area contributed by atoms with E-state index in [0.717, 1.165) is 22.5 Å². The fourth-order valence-electron chi connectivity index (χ4n) is 3.65. The molecule has 0 saturated heterocycles. The number of carboxylic acid groups (broad SMARTS) is 2. The maximum atomic E-state index is 12.2. The van der Waals surface area contributed by atoms with Crippen molar-refractivity contribution >= 4 is 18.0 Å². The molecule has 0 saturated carbocycles. The first-order valence-electron chi connectivity index (χ1n) is 10.3. The van der Waals surface area contributed by atoms with Crippen LogP contribution in [0.3, 0.4) is 0 Å². The molecule has 2 aliphatic rings. The number of aliphatic carboxylic acids is 2. The largest absolute Gasteiger partial charge is 0.497 e. The van der Waals surface area contributed by atoms with Crippen molar-refractivity contribution in [3.8, 4) is 5.75 Å². The van der Waals surface area contributed by atoms with Crippen LogP contribution in [0.2, 0.25) is 0 Å². The maximum absolute atomic E-state index is 12.2. The molecule has 0 bridgehead atoms. The molecule has 0 unspecified atom stereocenters. The van der Waals surface area contributed by atoms with Gasteiger partial charge in [-0.2, -0.15) is 0 Å². The molecular formula is C27H26O5. The van der Waals surface area contributed by atoms with Gasteiger partial charge in [0.2, 0.25) is 0 Å². The van der Waals surface area contributed by atoms with Gasteiger partial charge in [0.25, 0.3) is 0 Å². The summed E-state index contributed by atoms with van der Waals surface area (Å²) >= 11 is 0. The van der Waals surface area contributed by atoms with Crippen molar-refractivity contribution in [1.82, 2.24) is 0 Å². The van der Waals surface area contributed by atoms with Crippen LogP contribution in [0.25, 0.3) is 6.08 Å². The molecule has 5 nitrogen and oxygen atoms in total.